The molecule has 18 heavy (non-hydrogen) atoms. The van der Waals surface area contributed by atoms with Crippen molar-refractivity contribution in [2.75, 3.05) is 6.54 Å². The lowest BCUT2D eigenvalue weighted by molar-refractivity contribution is 0.249. The molecular formula is C15H28N2S. The Bertz CT molecular complexity index is 348. The van der Waals surface area contributed by atoms with Crippen molar-refractivity contribution in [2.45, 2.75) is 65.8 Å². The molecule has 104 valence electrons. The monoisotopic (exact) mass is 268 g/mol. The minimum atomic E-state index is 0.0877. The van der Waals surface area contributed by atoms with E-state index in [1.165, 1.54) is 24.3 Å². The van der Waals surface area contributed by atoms with Gasteiger partial charge in [0, 0.05) is 11.1 Å². The van der Waals surface area contributed by atoms with Crippen molar-refractivity contribution in [1.29, 1.82) is 0 Å². The molecular weight excluding hydrogens is 240 g/mol. The highest BCUT2D eigenvalue weighted by Gasteiger charge is 2.33. The van der Waals surface area contributed by atoms with Gasteiger partial charge in [0.2, 0.25) is 0 Å². The molecule has 0 amide bonds. The van der Waals surface area contributed by atoms with E-state index in [0.717, 1.165) is 24.6 Å². The molecule has 0 aliphatic rings. The zero-order chi connectivity index (χ0) is 13.6. The molecule has 0 bridgehead atoms. The standard InChI is InChI=1S/C15H28N2S/c1-6-9-16-15(8-3,10-12(4)7-2)14-17-13(5)11-18-14/h11-12,16H,6-10H2,1-5H3. The van der Waals surface area contributed by atoms with E-state index in [1.54, 1.807) is 0 Å². The lowest BCUT2D eigenvalue weighted by Crippen LogP contribution is -2.43. The molecule has 2 unspecified atom stereocenters. The van der Waals surface area contributed by atoms with Gasteiger partial charge in [0.25, 0.3) is 0 Å². The molecule has 2 nitrogen and oxygen atoms in total. The van der Waals surface area contributed by atoms with Gasteiger partial charge in [-0.1, -0.05) is 34.1 Å². The second-order valence-corrected chi connectivity index (χ2v) is 6.23. The van der Waals surface area contributed by atoms with Crippen molar-refractivity contribution >= 4 is 11.3 Å². The van der Waals surface area contributed by atoms with Crippen LogP contribution in [0.25, 0.3) is 0 Å². The first kappa shape index (κ1) is 15.6. The largest absolute Gasteiger partial charge is 0.305 e. The Balaban J connectivity index is 2.96. The van der Waals surface area contributed by atoms with Crippen LogP contribution in [0.15, 0.2) is 5.38 Å². The summed E-state index contributed by atoms with van der Waals surface area (Å²) in [6, 6.07) is 0. The maximum absolute atomic E-state index is 4.75. The number of aryl methyl sites for hydroxylation is 1. The van der Waals surface area contributed by atoms with Gasteiger partial charge in [-0.15, -0.1) is 11.3 Å². The van der Waals surface area contributed by atoms with Gasteiger partial charge in [-0.25, -0.2) is 4.98 Å². The Labute approximate surface area is 116 Å². The third-order valence-corrected chi connectivity index (χ3v) is 4.90. The second kappa shape index (κ2) is 7.25. The average Bonchev–Trinajstić information content (AvgIpc) is 2.81. The van der Waals surface area contributed by atoms with Crippen LogP contribution in [-0.2, 0) is 5.54 Å². The lowest BCUT2D eigenvalue weighted by Gasteiger charge is -2.34. The topological polar surface area (TPSA) is 24.9 Å². The van der Waals surface area contributed by atoms with Gasteiger partial charge in [-0.3, -0.25) is 0 Å². The number of thiazole rings is 1. The molecule has 0 radical (unpaired) electrons. The van der Waals surface area contributed by atoms with Crippen molar-refractivity contribution in [1.82, 2.24) is 10.3 Å². The van der Waals surface area contributed by atoms with Crippen LogP contribution in [-0.4, -0.2) is 11.5 Å². The lowest BCUT2D eigenvalue weighted by atomic mass is 9.85. The number of nitrogens with one attached hydrogen (secondary N) is 1. The summed E-state index contributed by atoms with van der Waals surface area (Å²) in [7, 11) is 0. The van der Waals surface area contributed by atoms with E-state index in [9.17, 15) is 0 Å². The van der Waals surface area contributed by atoms with Crippen LogP contribution < -0.4 is 5.32 Å². The van der Waals surface area contributed by atoms with E-state index >= 15 is 0 Å². The van der Waals surface area contributed by atoms with Crippen molar-refractivity contribution in [3.05, 3.63) is 16.1 Å². The predicted octanol–water partition coefficient (Wildman–Crippen LogP) is 4.49. The smallest absolute Gasteiger partial charge is 0.113 e. The first-order chi connectivity index (χ1) is 8.57. The molecule has 3 heteroatoms. The average molecular weight is 268 g/mol. The van der Waals surface area contributed by atoms with Crippen molar-refractivity contribution in [3.63, 3.8) is 0 Å². The second-order valence-electron chi connectivity index (χ2n) is 5.37. The Kier molecular flexibility index (Phi) is 6.30. The molecule has 0 spiro atoms. The summed E-state index contributed by atoms with van der Waals surface area (Å²) in [5.41, 5.74) is 1.24. The molecule has 0 saturated heterocycles. The Morgan fingerprint density at radius 1 is 1.39 bits per heavy atom. The van der Waals surface area contributed by atoms with Crippen molar-refractivity contribution in [3.8, 4) is 0 Å². The van der Waals surface area contributed by atoms with Gasteiger partial charge in [0.1, 0.15) is 5.01 Å². The number of hydrogen-bond acceptors (Lipinski definition) is 3. The van der Waals surface area contributed by atoms with E-state index in [4.69, 9.17) is 4.98 Å². The molecule has 0 aliphatic heterocycles. The first-order valence-corrected chi connectivity index (χ1v) is 8.13. The minimum Gasteiger partial charge on any atom is -0.305 e. The maximum atomic E-state index is 4.75. The highest BCUT2D eigenvalue weighted by molar-refractivity contribution is 7.09. The summed E-state index contributed by atoms with van der Waals surface area (Å²) < 4.78 is 0. The van der Waals surface area contributed by atoms with Crippen LogP contribution in [0.5, 0.6) is 0 Å². The fourth-order valence-electron chi connectivity index (χ4n) is 2.33. The summed E-state index contributed by atoms with van der Waals surface area (Å²) in [6.07, 6.45) is 4.71. The third-order valence-electron chi connectivity index (χ3n) is 3.74. The van der Waals surface area contributed by atoms with Gasteiger partial charge in [-0.2, -0.15) is 0 Å². The highest BCUT2D eigenvalue weighted by Crippen LogP contribution is 2.35. The summed E-state index contributed by atoms with van der Waals surface area (Å²) in [6.45, 7) is 12.3. The SMILES string of the molecule is CCCNC(CC)(CC(C)CC)c1nc(C)cs1. The molecule has 1 heterocycles. The fraction of sp³-hybridized carbons (Fsp3) is 0.800. The molecule has 0 aromatic carbocycles. The van der Waals surface area contributed by atoms with E-state index in [-0.39, 0.29) is 5.54 Å². The van der Waals surface area contributed by atoms with Crippen LogP contribution in [0.2, 0.25) is 0 Å². The Morgan fingerprint density at radius 2 is 2.11 bits per heavy atom. The van der Waals surface area contributed by atoms with E-state index in [2.05, 4.69) is 45.3 Å². The zero-order valence-corrected chi connectivity index (χ0v) is 13.4. The van der Waals surface area contributed by atoms with Crippen LogP contribution in [0.4, 0.5) is 0 Å². The van der Waals surface area contributed by atoms with Crippen molar-refractivity contribution < 1.29 is 0 Å². The van der Waals surface area contributed by atoms with Gasteiger partial charge in [0.05, 0.1) is 5.54 Å². The normalized spacial score (nSPS) is 16.5. The van der Waals surface area contributed by atoms with Gasteiger partial charge in [-0.05, 0) is 38.6 Å². The predicted molar refractivity (Wildman–Crippen MR) is 81.2 cm³/mol. The molecule has 0 fully saturated rings. The van der Waals surface area contributed by atoms with Gasteiger partial charge < -0.3 is 5.32 Å². The van der Waals surface area contributed by atoms with E-state index in [0.29, 0.717) is 0 Å². The van der Waals surface area contributed by atoms with Crippen LogP contribution in [0.3, 0.4) is 0 Å². The van der Waals surface area contributed by atoms with Crippen molar-refractivity contribution in [2.24, 2.45) is 5.92 Å². The molecule has 1 aromatic rings. The number of rotatable bonds is 8. The molecule has 1 aromatic heterocycles. The number of aromatic nitrogens is 1. The van der Waals surface area contributed by atoms with Gasteiger partial charge in [0.15, 0.2) is 0 Å². The molecule has 1 N–H and O–H groups in total. The molecule has 0 saturated carbocycles. The highest BCUT2D eigenvalue weighted by atomic mass is 32.1. The Morgan fingerprint density at radius 3 is 2.56 bits per heavy atom. The minimum absolute atomic E-state index is 0.0877. The summed E-state index contributed by atoms with van der Waals surface area (Å²) >= 11 is 1.81. The summed E-state index contributed by atoms with van der Waals surface area (Å²) in [5.74, 6) is 0.735. The maximum Gasteiger partial charge on any atom is 0.113 e. The van der Waals surface area contributed by atoms with Crippen LogP contribution >= 0.6 is 11.3 Å². The Hall–Kier alpha value is -0.410. The quantitative estimate of drug-likeness (QED) is 0.751. The molecule has 1 rings (SSSR count). The number of hydrogen-bond donors (Lipinski definition) is 1. The molecule has 0 aliphatic carbocycles. The fourth-order valence-corrected chi connectivity index (χ4v) is 3.39. The zero-order valence-electron chi connectivity index (χ0n) is 12.5. The summed E-state index contributed by atoms with van der Waals surface area (Å²) in [5, 5.41) is 7.22. The number of nitrogens with zero attached hydrogens (tertiary/aromatic N) is 1. The van der Waals surface area contributed by atoms with Gasteiger partial charge >= 0.3 is 0 Å². The van der Waals surface area contributed by atoms with E-state index in [1.807, 2.05) is 11.3 Å². The molecule has 2 atom stereocenters. The third kappa shape index (κ3) is 3.79. The van der Waals surface area contributed by atoms with Crippen LogP contribution in [0, 0.1) is 12.8 Å². The van der Waals surface area contributed by atoms with Crippen LogP contribution in [0.1, 0.15) is 64.1 Å². The van der Waals surface area contributed by atoms with E-state index < -0.39 is 0 Å². The summed E-state index contributed by atoms with van der Waals surface area (Å²) in [4.78, 5) is 4.75. The first-order valence-electron chi connectivity index (χ1n) is 7.25.